The largest absolute Gasteiger partial charge is 0.465 e. The zero-order valence-corrected chi connectivity index (χ0v) is 13.1. The van der Waals surface area contributed by atoms with Crippen molar-refractivity contribution in [1.29, 1.82) is 0 Å². The van der Waals surface area contributed by atoms with Crippen LogP contribution >= 0.6 is 0 Å². The van der Waals surface area contributed by atoms with Gasteiger partial charge in [0.1, 0.15) is 0 Å². The Morgan fingerprint density at radius 1 is 1.26 bits per heavy atom. The van der Waals surface area contributed by atoms with Crippen LogP contribution in [0.2, 0.25) is 0 Å². The fraction of sp³-hybridized carbons (Fsp3) is 0.933. The molecule has 0 aromatic heterocycles. The normalized spacial score (nSPS) is 22.2. The Bertz CT molecular complexity index is 285. The first-order chi connectivity index (χ1) is 8.74. The molecule has 0 amide bonds. The summed E-state index contributed by atoms with van der Waals surface area (Å²) in [6.07, 6.45) is 4.05. The Labute approximate surface area is 117 Å². The average Bonchev–Trinajstić information content (AvgIpc) is 2.22. The summed E-state index contributed by atoms with van der Waals surface area (Å²) in [5.41, 5.74) is 0.205. The second-order valence-electron chi connectivity index (χ2n) is 6.95. The lowest BCUT2D eigenvalue weighted by atomic mass is 9.79. The maximum atomic E-state index is 11.6. The highest BCUT2D eigenvalue weighted by molar-refractivity contribution is 5.71. The van der Waals surface area contributed by atoms with Crippen LogP contribution in [0.4, 0.5) is 0 Å². The van der Waals surface area contributed by atoms with E-state index in [9.17, 15) is 4.79 Å². The Hall–Kier alpha value is -0.610. The minimum Gasteiger partial charge on any atom is -0.465 e. The molecule has 1 rings (SSSR count). The van der Waals surface area contributed by atoms with Crippen LogP contribution in [0.15, 0.2) is 0 Å². The molecule has 4 nitrogen and oxygen atoms in total. The maximum absolute atomic E-state index is 11.6. The molecule has 19 heavy (non-hydrogen) atoms. The SMILES string of the molecule is CCCCOC(=O)CNC1CC(C)(C)NC(C)(C)C1. The van der Waals surface area contributed by atoms with Gasteiger partial charge in [-0.05, 0) is 47.0 Å². The lowest BCUT2D eigenvalue weighted by molar-refractivity contribution is -0.142. The van der Waals surface area contributed by atoms with Gasteiger partial charge in [-0.3, -0.25) is 4.79 Å². The third-order valence-corrected chi connectivity index (χ3v) is 3.49. The number of carbonyl (C=O) groups is 1. The molecule has 0 unspecified atom stereocenters. The first kappa shape index (κ1) is 16.4. The third-order valence-electron chi connectivity index (χ3n) is 3.49. The topological polar surface area (TPSA) is 50.4 Å². The smallest absolute Gasteiger partial charge is 0.319 e. The van der Waals surface area contributed by atoms with Gasteiger partial charge in [-0.1, -0.05) is 13.3 Å². The van der Waals surface area contributed by atoms with Crippen molar-refractivity contribution < 1.29 is 9.53 Å². The number of ether oxygens (including phenoxy) is 1. The van der Waals surface area contributed by atoms with Gasteiger partial charge in [-0.15, -0.1) is 0 Å². The number of piperidine rings is 1. The van der Waals surface area contributed by atoms with E-state index in [1.165, 1.54) is 0 Å². The first-order valence-electron chi connectivity index (χ1n) is 7.42. The Morgan fingerprint density at radius 2 is 1.84 bits per heavy atom. The highest BCUT2D eigenvalue weighted by Gasteiger charge is 2.37. The number of nitrogens with one attached hydrogen (secondary N) is 2. The highest BCUT2D eigenvalue weighted by atomic mass is 16.5. The zero-order chi connectivity index (χ0) is 14.5. The van der Waals surface area contributed by atoms with Gasteiger partial charge in [-0.2, -0.15) is 0 Å². The van der Waals surface area contributed by atoms with E-state index >= 15 is 0 Å². The number of hydrogen-bond acceptors (Lipinski definition) is 4. The van der Waals surface area contributed by atoms with Gasteiger partial charge >= 0.3 is 5.97 Å². The molecule has 1 aliphatic heterocycles. The van der Waals surface area contributed by atoms with Crippen molar-refractivity contribution in [2.24, 2.45) is 0 Å². The van der Waals surface area contributed by atoms with E-state index in [1.54, 1.807) is 0 Å². The number of carbonyl (C=O) groups excluding carboxylic acids is 1. The average molecular weight is 270 g/mol. The molecule has 1 aliphatic rings. The van der Waals surface area contributed by atoms with Gasteiger partial charge in [-0.25, -0.2) is 0 Å². The van der Waals surface area contributed by atoms with Crippen LogP contribution in [-0.2, 0) is 9.53 Å². The molecule has 1 saturated heterocycles. The summed E-state index contributed by atoms with van der Waals surface area (Å²) in [5.74, 6) is -0.136. The predicted molar refractivity (Wildman–Crippen MR) is 78.2 cm³/mol. The molecule has 0 spiro atoms. The lowest BCUT2D eigenvalue weighted by Gasteiger charge is -2.46. The molecule has 0 aromatic carbocycles. The summed E-state index contributed by atoms with van der Waals surface area (Å²) in [4.78, 5) is 11.6. The van der Waals surface area contributed by atoms with Gasteiger partial charge in [0, 0.05) is 17.1 Å². The van der Waals surface area contributed by atoms with Crippen molar-refractivity contribution in [3.05, 3.63) is 0 Å². The molecule has 0 aliphatic carbocycles. The molecule has 0 bridgehead atoms. The van der Waals surface area contributed by atoms with Crippen LogP contribution in [0.5, 0.6) is 0 Å². The van der Waals surface area contributed by atoms with E-state index in [1.807, 2.05) is 0 Å². The number of unbranched alkanes of at least 4 members (excludes halogenated alkanes) is 1. The molecular weight excluding hydrogens is 240 g/mol. The van der Waals surface area contributed by atoms with Crippen LogP contribution < -0.4 is 10.6 Å². The van der Waals surface area contributed by atoms with Gasteiger partial charge < -0.3 is 15.4 Å². The highest BCUT2D eigenvalue weighted by Crippen LogP contribution is 2.28. The van der Waals surface area contributed by atoms with Crippen LogP contribution in [-0.4, -0.2) is 36.2 Å². The van der Waals surface area contributed by atoms with E-state index in [4.69, 9.17) is 4.74 Å². The quantitative estimate of drug-likeness (QED) is 0.574. The molecule has 112 valence electrons. The van der Waals surface area contributed by atoms with Crippen LogP contribution in [0.3, 0.4) is 0 Å². The van der Waals surface area contributed by atoms with E-state index in [0.717, 1.165) is 25.7 Å². The molecule has 1 fully saturated rings. The van der Waals surface area contributed by atoms with Crippen LogP contribution in [0.1, 0.15) is 60.3 Å². The van der Waals surface area contributed by atoms with E-state index < -0.39 is 0 Å². The van der Waals surface area contributed by atoms with Gasteiger partial charge in [0.2, 0.25) is 0 Å². The molecular formula is C15H30N2O2. The standard InChI is InChI=1S/C15H30N2O2/c1-6-7-8-19-13(18)11-16-12-9-14(2,3)17-15(4,5)10-12/h12,16-17H,6-11H2,1-5H3. The van der Waals surface area contributed by atoms with E-state index in [-0.39, 0.29) is 17.0 Å². The van der Waals surface area contributed by atoms with Crippen molar-refractivity contribution in [1.82, 2.24) is 10.6 Å². The van der Waals surface area contributed by atoms with Crippen LogP contribution in [0.25, 0.3) is 0 Å². The van der Waals surface area contributed by atoms with Gasteiger partial charge in [0.25, 0.3) is 0 Å². The van der Waals surface area contributed by atoms with Gasteiger partial charge in [0.15, 0.2) is 0 Å². The first-order valence-corrected chi connectivity index (χ1v) is 7.42. The Balaban J connectivity index is 2.34. The molecule has 0 aromatic rings. The number of esters is 1. The fourth-order valence-electron chi connectivity index (χ4n) is 3.08. The minimum absolute atomic E-state index is 0.103. The maximum Gasteiger partial charge on any atom is 0.319 e. The summed E-state index contributed by atoms with van der Waals surface area (Å²) < 4.78 is 5.16. The van der Waals surface area contributed by atoms with Crippen molar-refractivity contribution >= 4 is 5.97 Å². The van der Waals surface area contributed by atoms with E-state index in [0.29, 0.717) is 19.2 Å². The van der Waals surface area contributed by atoms with Crippen molar-refractivity contribution in [3.8, 4) is 0 Å². The summed E-state index contributed by atoms with van der Waals surface area (Å²) in [6, 6.07) is 0.366. The third kappa shape index (κ3) is 6.39. The lowest BCUT2D eigenvalue weighted by Crippen LogP contribution is -2.62. The molecule has 0 atom stereocenters. The minimum atomic E-state index is -0.136. The van der Waals surface area contributed by atoms with Crippen LogP contribution in [0, 0.1) is 0 Å². The second-order valence-corrected chi connectivity index (χ2v) is 6.95. The molecule has 0 radical (unpaired) electrons. The van der Waals surface area contributed by atoms with Crippen molar-refractivity contribution in [2.75, 3.05) is 13.2 Å². The summed E-state index contributed by atoms with van der Waals surface area (Å²) in [6.45, 7) is 11.8. The van der Waals surface area contributed by atoms with E-state index in [2.05, 4.69) is 45.3 Å². The Morgan fingerprint density at radius 3 is 2.37 bits per heavy atom. The summed E-state index contributed by atoms with van der Waals surface area (Å²) >= 11 is 0. The fourth-order valence-corrected chi connectivity index (χ4v) is 3.08. The van der Waals surface area contributed by atoms with Crippen molar-refractivity contribution in [2.45, 2.75) is 77.4 Å². The molecule has 4 heteroatoms. The summed E-state index contributed by atoms with van der Waals surface area (Å²) in [5, 5.41) is 6.98. The zero-order valence-electron chi connectivity index (χ0n) is 13.1. The molecule has 1 heterocycles. The monoisotopic (exact) mass is 270 g/mol. The van der Waals surface area contributed by atoms with Crippen molar-refractivity contribution in [3.63, 3.8) is 0 Å². The summed E-state index contributed by atoms with van der Waals surface area (Å²) in [7, 11) is 0. The predicted octanol–water partition coefficient (Wildman–Crippen LogP) is 2.23. The molecule has 2 N–H and O–H groups in total. The number of rotatable bonds is 6. The Kier molecular flexibility index (Phi) is 5.81. The molecule has 0 saturated carbocycles. The number of hydrogen-bond donors (Lipinski definition) is 2. The van der Waals surface area contributed by atoms with Gasteiger partial charge in [0.05, 0.1) is 13.2 Å². The second kappa shape index (κ2) is 6.71.